The van der Waals surface area contributed by atoms with E-state index in [9.17, 15) is 0 Å². The summed E-state index contributed by atoms with van der Waals surface area (Å²) < 4.78 is 0. The predicted molar refractivity (Wildman–Crippen MR) is 81.7 cm³/mol. The first kappa shape index (κ1) is 13.0. The molecule has 0 saturated heterocycles. The van der Waals surface area contributed by atoms with Gasteiger partial charge in [-0.1, -0.05) is 35.3 Å². The van der Waals surface area contributed by atoms with Gasteiger partial charge in [0.05, 0.1) is 10.7 Å². The van der Waals surface area contributed by atoms with Crippen molar-refractivity contribution in [3.63, 3.8) is 0 Å². The number of benzene rings is 2. The highest BCUT2D eigenvalue weighted by atomic mass is 35.5. The van der Waals surface area contributed by atoms with Gasteiger partial charge in [0.2, 0.25) is 0 Å². The number of halogens is 2. The van der Waals surface area contributed by atoms with E-state index < -0.39 is 0 Å². The first-order valence-electron chi connectivity index (χ1n) is 5.87. The van der Waals surface area contributed by atoms with Crippen LogP contribution in [0.25, 0.3) is 22.8 Å². The van der Waals surface area contributed by atoms with Gasteiger partial charge in [0, 0.05) is 16.1 Å². The third kappa shape index (κ3) is 2.48. The average molecular weight is 305 g/mol. The molecular formula is C14H10Cl2N4. The largest absolute Gasteiger partial charge is 0.398 e. The summed E-state index contributed by atoms with van der Waals surface area (Å²) in [6.45, 7) is 0. The SMILES string of the molecule is Nc1cc(-c2nc(-c3cccc(Cl)c3)n[nH]2)ccc1Cl. The Morgan fingerprint density at radius 1 is 1.00 bits per heavy atom. The van der Waals surface area contributed by atoms with Gasteiger partial charge in [0.25, 0.3) is 0 Å². The quantitative estimate of drug-likeness (QED) is 0.702. The molecule has 1 aromatic heterocycles. The van der Waals surface area contributed by atoms with Gasteiger partial charge in [0.15, 0.2) is 11.6 Å². The number of hydrogen-bond acceptors (Lipinski definition) is 3. The summed E-state index contributed by atoms with van der Waals surface area (Å²) in [6, 6.07) is 12.7. The van der Waals surface area contributed by atoms with Crippen LogP contribution in [0.1, 0.15) is 0 Å². The fourth-order valence-electron chi connectivity index (χ4n) is 1.84. The fraction of sp³-hybridized carbons (Fsp3) is 0. The molecule has 4 nitrogen and oxygen atoms in total. The maximum Gasteiger partial charge on any atom is 0.181 e. The Morgan fingerprint density at radius 2 is 1.85 bits per heavy atom. The van der Waals surface area contributed by atoms with Crippen molar-refractivity contribution in [3.8, 4) is 22.8 Å². The fourth-order valence-corrected chi connectivity index (χ4v) is 2.15. The van der Waals surface area contributed by atoms with Crippen molar-refractivity contribution in [1.82, 2.24) is 15.2 Å². The standard InChI is InChI=1S/C14H10Cl2N4/c15-10-3-1-2-8(6-10)13-18-14(20-19-13)9-4-5-11(16)12(17)7-9/h1-7H,17H2,(H,18,19,20). The molecule has 0 aliphatic rings. The molecule has 3 rings (SSSR count). The second kappa shape index (κ2) is 5.15. The van der Waals surface area contributed by atoms with Crippen LogP contribution in [0.4, 0.5) is 5.69 Å². The first-order chi connectivity index (χ1) is 9.63. The van der Waals surface area contributed by atoms with E-state index in [0.29, 0.717) is 27.4 Å². The van der Waals surface area contributed by atoms with E-state index in [4.69, 9.17) is 28.9 Å². The molecule has 100 valence electrons. The second-order valence-electron chi connectivity index (χ2n) is 4.25. The highest BCUT2D eigenvalue weighted by Crippen LogP contribution is 2.26. The summed E-state index contributed by atoms with van der Waals surface area (Å²) in [6.07, 6.45) is 0. The number of nitrogens with zero attached hydrogens (tertiary/aromatic N) is 2. The molecule has 0 saturated carbocycles. The number of anilines is 1. The molecule has 3 aromatic rings. The van der Waals surface area contributed by atoms with E-state index in [1.165, 1.54) is 0 Å². The third-order valence-electron chi connectivity index (χ3n) is 2.84. The Bertz CT molecular complexity index is 767. The number of nitrogens with one attached hydrogen (secondary N) is 1. The van der Waals surface area contributed by atoms with Crippen molar-refractivity contribution in [1.29, 1.82) is 0 Å². The molecule has 20 heavy (non-hydrogen) atoms. The minimum Gasteiger partial charge on any atom is -0.398 e. The Kier molecular flexibility index (Phi) is 3.34. The highest BCUT2D eigenvalue weighted by molar-refractivity contribution is 6.33. The Balaban J connectivity index is 1.99. The van der Waals surface area contributed by atoms with Crippen LogP contribution in [-0.2, 0) is 0 Å². The van der Waals surface area contributed by atoms with Gasteiger partial charge < -0.3 is 5.73 Å². The van der Waals surface area contributed by atoms with E-state index >= 15 is 0 Å². The molecule has 0 atom stereocenters. The summed E-state index contributed by atoms with van der Waals surface area (Å²) in [7, 11) is 0. The maximum absolute atomic E-state index is 5.96. The van der Waals surface area contributed by atoms with Crippen molar-refractivity contribution >= 4 is 28.9 Å². The van der Waals surface area contributed by atoms with Crippen LogP contribution < -0.4 is 5.73 Å². The zero-order valence-corrected chi connectivity index (χ0v) is 11.8. The lowest BCUT2D eigenvalue weighted by atomic mass is 10.2. The molecule has 0 fully saturated rings. The lowest BCUT2D eigenvalue weighted by Crippen LogP contribution is -1.88. The van der Waals surface area contributed by atoms with Gasteiger partial charge in [0.1, 0.15) is 0 Å². The number of rotatable bonds is 2. The zero-order valence-electron chi connectivity index (χ0n) is 10.3. The summed E-state index contributed by atoms with van der Waals surface area (Å²) >= 11 is 11.9. The summed E-state index contributed by atoms with van der Waals surface area (Å²) in [5.74, 6) is 1.21. The van der Waals surface area contributed by atoms with E-state index in [-0.39, 0.29) is 0 Å². The molecule has 3 N–H and O–H groups in total. The van der Waals surface area contributed by atoms with Gasteiger partial charge in [-0.2, -0.15) is 5.10 Å². The summed E-state index contributed by atoms with van der Waals surface area (Å²) in [4.78, 5) is 4.44. The molecule has 0 aliphatic heterocycles. The molecule has 0 spiro atoms. The van der Waals surface area contributed by atoms with Crippen LogP contribution in [0.5, 0.6) is 0 Å². The van der Waals surface area contributed by atoms with Gasteiger partial charge in [-0.05, 0) is 30.3 Å². The van der Waals surface area contributed by atoms with Crippen molar-refractivity contribution in [2.45, 2.75) is 0 Å². The topological polar surface area (TPSA) is 67.6 Å². The van der Waals surface area contributed by atoms with Crippen LogP contribution in [-0.4, -0.2) is 15.2 Å². The Hall–Kier alpha value is -2.04. The molecule has 0 unspecified atom stereocenters. The number of aromatic nitrogens is 3. The van der Waals surface area contributed by atoms with Crippen LogP contribution in [0.15, 0.2) is 42.5 Å². The van der Waals surface area contributed by atoms with Crippen molar-refractivity contribution < 1.29 is 0 Å². The molecule has 0 radical (unpaired) electrons. The Morgan fingerprint density at radius 3 is 2.60 bits per heavy atom. The molecule has 0 amide bonds. The second-order valence-corrected chi connectivity index (χ2v) is 5.10. The Labute approximate surface area is 125 Å². The van der Waals surface area contributed by atoms with Crippen molar-refractivity contribution in [2.75, 3.05) is 5.73 Å². The molecule has 0 aliphatic carbocycles. The monoisotopic (exact) mass is 304 g/mol. The number of nitrogen functional groups attached to an aromatic ring is 1. The van der Waals surface area contributed by atoms with E-state index in [1.807, 2.05) is 24.3 Å². The number of H-pyrrole nitrogens is 1. The zero-order chi connectivity index (χ0) is 14.1. The molecule has 0 bridgehead atoms. The predicted octanol–water partition coefficient (Wildman–Crippen LogP) is 4.03. The van der Waals surface area contributed by atoms with E-state index in [2.05, 4.69) is 15.2 Å². The average Bonchev–Trinajstić information content (AvgIpc) is 2.92. The first-order valence-corrected chi connectivity index (χ1v) is 6.63. The lowest BCUT2D eigenvalue weighted by molar-refractivity contribution is 1.10. The highest BCUT2D eigenvalue weighted by Gasteiger charge is 2.09. The van der Waals surface area contributed by atoms with Crippen LogP contribution in [0.3, 0.4) is 0 Å². The molecule has 6 heteroatoms. The minimum absolute atomic E-state index is 0.505. The number of aromatic amines is 1. The summed E-state index contributed by atoms with van der Waals surface area (Å²) in [5, 5.41) is 8.23. The smallest absolute Gasteiger partial charge is 0.181 e. The lowest BCUT2D eigenvalue weighted by Gasteiger charge is -2.00. The van der Waals surface area contributed by atoms with Crippen molar-refractivity contribution in [3.05, 3.63) is 52.5 Å². The molecule has 1 heterocycles. The van der Waals surface area contributed by atoms with E-state index in [1.54, 1.807) is 18.2 Å². The van der Waals surface area contributed by atoms with E-state index in [0.717, 1.165) is 11.1 Å². The van der Waals surface area contributed by atoms with Crippen LogP contribution >= 0.6 is 23.2 Å². The molecular weight excluding hydrogens is 295 g/mol. The third-order valence-corrected chi connectivity index (χ3v) is 3.42. The summed E-state index contributed by atoms with van der Waals surface area (Å²) in [5.41, 5.74) is 7.96. The van der Waals surface area contributed by atoms with Crippen molar-refractivity contribution in [2.24, 2.45) is 0 Å². The maximum atomic E-state index is 5.96. The number of hydrogen-bond donors (Lipinski definition) is 2. The van der Waals surface area contributed by atoms with Gasteiger partial charge >= 0.3 is 0 Å². The van der Waals surface area contributed by atoms with Gasteiger partial charge in [-0.25, -0.2) is 4.98 Å². The number of nitrogens with two attached hydrogens (primary N) is 1. The van der Waals surface area contributed by atoms with Crippen LogP contribution in [0.2, 0.25) is 10.0 Å². The van der Waals surface area contributed by atoms with Crippen LogP contribution in [0, 0.1) is 0 Å². The normalized spacial score (nSPS) is 10.7. The minimum atomic E-state index is 0.505. The van der Waals surface area contributed by atoms with Gasteiger partial charge in [-0.3, -0.25) is 5.10 Å². The van der Waals surface area contributed by atoms with Gasteiger partial charge in [-0.15, -0.1) is 0 Å². The molecule has 2 aromatic carbocycles.